The van der Waals surface area contributed by atoms with Gasteiger partial charge in [-0.05, 0) is 115 Å². The Bertz CT molecular complexity index is 2630. The fourth-order valence-electron chi connectivity index (χ4n) is 11.4. The van der Waals surface area contributed by atoms with Gasteiger partial charge in [0.05, 0.1) is 44.0 Å². The Kier molecular flexibility index (Phi) is 12.0. The van der Waals surface area contributed by atoms with Gasteiger partial charge in [0, 0.05) is 24.7 Å². The summed E-state index contributed by atoms with van der Waals surface area (Å²) in [6, 6.07) is 20.0. The molecule has 9 rings (SSSR count). The van der Waals surface area contributed by atoms with Crippen molar-refractivity contribution in [1.82, 2.24) is 40.0 Å². The number of benzene rings is 3. The topological polar surface area (TPSA) is 166 Å². The third kappa shape index (κ3) is 7.99. The van der Waals surface area contributed by atoms with Gasteiger partial charge in [0.1, 0.15) is 29.3 Å². The fourth-order valence-corrected chi connectivity index (χ4v) is 11.4. The maximum atomic E-state index is 14.4. The first kappa shape index (κ1) is 45.0. The zero-order valence-corrected chi connectivity index (χ0v) is 39.5. The monoisotopic (exact) mass is 896 g/mol. The highest BCUT2D eigenvalue weighted by Gasteiger charge is 2.59. The van der Waals surface area contributed by atoms with Crippen LogP contribution in [0.4, 0.5) is 9.59 Å². The first-order valence-electron chi connectivity index (χ1n) is 23.8. The van der Waals surface area contributed by atoms with Crippen molar-refractivity contribution in [3.8, 4) is 33.6 Å². The van der Waals surface area contributed by atoms with E-state index in [0.29, 0.717) is 13.1 Å². The van der Waals surface area contributed by atoms with E-state index in [9.17, 15) is 19.2 Å². The lowest BCUT2D eigenvalue weighted by atomic mass is 9.83. The van der Waals surface area contributed by atoms with Gasteiger partial charge < -0.3 is 34.6 Å². The molecular formula is C52H64N8O6. The first-order valence-corrected chi connectivity index (χ1v) is 23.8. The zero-order chi connectivity index (χ0) is 46.7. The third-order valence-electron chi connectivity index (χ3n) is 15.2. The molecule has 6 unspecified atom stereocenters. The summed E-state index contributed by atoms with van der Waals surface area (Å²) in [4.78, 5) is 76.3. The van der Waals surface area contributed by atoms with Crippen molar-refractivity contribution < 1.29 is 28.7 Å². The molecule has 348 valence electrons. The lowest BCUT2D eigenvalue weighted by Crippen LogP contribution is -2.59. The molecule has 4 amide bonds. The molecule has 2 saturated heterocycles. The highest BCUT2D eigenvalue weighted by Crippen LogP contribution is 2.59. The van der Waals surface area contributed by atoms with Gasteiger partial charge in [0.2, 0.25) is 11.8 Å². The number of nitrogens with one attached hydrogen (secondary N) is 3. The SMILES string of the molecule is CCCN(C(=O)OC)C(C(=O)N1CC2(CC2)CC1c1ncc(-c2ccc3cc(-c4ccc(-c5cnc(C6(C)C7CCC(C7)N6C(=O)C(NC(=O)OC)C(C)C)[nH]5)cc4)ccc3c2)[nH]1)C(C)C. The lowest BCUT2D eigenvalue weighted by molar-refractivity contribution is -0.144. The number of carbonyl (C=O) groups excluding carboxylic acids is 4. The summed E-state index contributed by atoms with van der Waals surface area (Å²) in [5.74, 6) is 1.45. The number of ether oxygens (including phenoxy) is 2. The highest BCUT2D eigenvalue weighted by atomic mass is 16.5. The van der Waals surface area contributed by atoms with Crippen LogP contribution in [0.5, 0.6) is 0 Å². The highest BCUT2D eigenvalue weighted by molar-refractivity contribution is 5.91. The number of likely N-dealkylation sites (tertiary alicyclic amines) is 2. The molecule has 66 heavy (non-hydrogen) atoms. The zero-order valence-electron chi connectivity index (χ0n) is 39.5. The molecule has 2 aliphatic carbocycles. The number of H-pyrrole nitrogens is 2. The molecule has 2 bridgehead atoms. The number of alkyl carbamates (subject to hydrolysis) is 1. The Balaban J connectivity index is 0.907. The van der Waals surface area contributed by atoms with Crippen LogP contribution >= 0.6 is 0 Å². The number of amides is 4. The second-order valence-electron chi connectivity index (χ2n) is 20.1. The van der Waals surface area contributed by atoms with E-state index < -0.39 is 29.8 Å². The number of carbonyl (C=O) groups is 4. The second-order valence-corrected chi connectivity index (χ2v) is 20.1. The van der Waals surface area contributed by atoms with Gasteiger partial charge in [-0.2, -0.15) is 0 Å². The molecule has 2 aromatic heterocycles. The van der Waals surface area contributed by atoms with Gasteiger partial charge in [-0.3, -0.25) is 14.5 Å². The minimum Gasteiger partial charge on any atom is -0.453 e. The Hall–Kier alpha value is -6.18. The molecule has 2 saturated carbocycles. The largest absolute Gasteiger partial charge is 0.453 e. The average Bonchev–Trinajstić information content (AvgIpc) is 3.94. The van der Waals surface area contributed by atoms with Crippen molar-refractivity contribution >= 4 is 34.8 Å². The number of rotatable bonds is 13. The summed E-state index contributed by atoms with van der Waals surface area (Å²) < 4.78 is 9.99. The maximum Gasteiger partial charge on any atom is 0.410 e. The van der Waals surface area contributed by atoms with E-state index in [1.165, 1.54) is 14.2 Å². The predicted molar refractivity (Wildman–Crippen MR) is 253 cm³/mol. The van der Waals surface area contributed by atoms with Crippen molar-refractivity contribution in [1.29, 1.82) is 0 Å². The molecule has 4 heterocycles. The minimum absolute atomic E-state index is 0.0445. The van der Waals surface area contributed by atoms with Crippen LogP contribution in [-0.4, -0.2) is 104 Å². The number of methoxy groups -OCH3 is 2. The molecule has 3 N–H and O–H groups in total. The number of nitrogens with zero attached hydrogens (tertiary/aromatic N) is 5. The van der Waals surface area contributed by atoms with Crippen molar-refractivity contribution in [2.75, 3.05) is 27.3 Å². The van der Waals surface area contributed by atoms with Gasteiger partial charge in [-0.1, -0.05) is 83.1 Å². The van der Waals surface area contributed by atoms with E-state index in [2.05, 4.69) is 82.9 Å². The molecule has 1 spiro atoms. The fraction of sp³-hybridized carbons (Fsp3) is 0.500. The van der Waals surface area contributed by atoms with Gasteiger partial charge in [-0.15, -0.1) is 0 Å². The number of imidazole rings is 2. The summed E-state index contributed by atoms with van der Waals surface area (Å²) in [5.41, 5.74) is 5.45. The molecule has 4 fully saturated rings. The molecule has 0 radical (unpaired) electrons. The van der Waals surface area contributed by atoms with Crippen LogP contribution < -0.4 is 5.32 Å². The van der Waals surface area contributed by atoms with Crippen molar-refractivity contribution in [3.63, 3.8) is 0 Å². The summed E-state index contributed by atoms with van der Waals surface area (Å²) in [6.07, 6.45) is 9.28. The number of hydrogen-bond donors (Lipinski definition) is 3. The van der Waals surface area contributed by atoms with Crippen molar-refractivity contribution in [2.45, 2.75) is 116 Å². The number of aromatic amines is 2. The number of piperidine rings is 1. The van der Waals surface area contributed by atoms with Gasteiger partial charge >= 0.3 is 12.2 Å². The van der Waals surface area contributed by atoms with Gasteiger partial charge in [-0.25, -0.2) is 19.6 Å². The lowest BCUT2D eigenvalue weighted by Gasteiger charge is -2.45. The summed E-state index contributed by atoms with van der Waals surface area (Å²) >= 11 is 0. The molecular weight excluding hydrogens is 833 g/mol. The van der Waals surface area contributed by atoms with Crippen LogP contribution in [0, 0.1) is 23.2 Å². The summed E-state index contributed by atoms with van der Waals surface area (Å²) in [7, 11) is 2.68. The van der Waals surface area contributed by atoms with E-state index in [1.807, 2.05) is 56.8 Å². The molecule has 14 heteroatoms. The normalized spacial score (nSPS) is 22.6. The summed E-state index contributed by atoms with van der Waals surface area (Å²) in [6.45, 7) is 13.1. The molecule has 14 nitrogen and oxygen atoms in total. The Morgan fingerprint density at radius 3 is 2.12 bits per heavy atom. The van der Waals surface area contributed by atoms with Gasteiger partial charge in [0.25, 0.3) is 0 Å². The van der Waals surface area contributed by atoms with Crippen LogP contribution in [0.1, 0.15) is 104 Å². The molecule has 3 aromatic carbocycles. The first-order chi connectivity index (χ1) is 31.7. The van der Waals surface area contributed by atoms with Crippen LogP contribution in [0.2, 0.25) is 0 Å². The van der Waals surface area contributed by atoms with Crippen molar-refractivity contribution in [2.24, 2.45) is 23.2 Å². The standard InChI is InChI=1S/C52H64N8O6/c1-9-22-58(50(64)66-8)44(31(4)5)47(62)59-29-52(20-21-52)26-42(59)45-53-27-41(55-45)37-17-16-35-23-34(14-15-36(35)24-37)32-10-12-33(13-11-32)40-28-54-48(56-40)51(6)38-18-19-39(25-38)60(51)46(61)43(30(2)3)57-49(63)65-7/h10-17,23-24,27-28,30-31,38-39,42-44H,9,18-22,25-26,29H2,1-8H3,(H,53,55)(H,54,56)(H,57,63). The number of hydrogen-bond acceptors (Lipinski definition) is 8. The quantitative estimate of drug-likeness (QED) is 0.105. The van der Waals surface area contributed by atoms with Crippen LogP contribution in [0.15, 0.2) is 73.1 Å². The van der Waals surface area contributed by atoms with E-state index >= 15 is 0 Å². The predicted octanol–water partition coefficient (Wildman–Crippen LogP) is 9.45. The Labute approximate surface area is 387 Å². The Morgan fingerprint density at radius 1 is 0.818 bits per heavy atom. The van der Waals surface area contributed by atoms with E-state index in [4.69, 9.17) is 19.4 Å². The molecule has 6 atom stereocenters. The molecule has 2 aliphatic heterocycles. The van der Waals surface area contributed by atoms with Crippen LogP contribution in [0.25, 0.3) is 44.4 Å². The maximum absolute atomic E-state index is 14.4. The van der Waals surface area contributed by atoms with Crippen LogP contribution in [-0.2, 0) is 24.6 Å². The van der Waals surface area contributed by atoms with Gasteiger partial charge in [0.15, 0.2) is 0 Å². The summed E-state index contributed by atoms with van der Waals surface area (Å²) in [5, 5.41) is 5.00. The second kappa shape index (κ2) is 17.6. The number of aromatic nitrogens is 4. The Morgan fingerprint density at radius 2 is 1.47 bits per heavy atom. The molecule has 4 aliphatic rings. The van der Waals surface area contributed by atoms with Crippen LogP contribution in [0.3, 0.4) is 0 Å². The van der Waals surface area contributed by atoms with E-state index in [0.717, 1.165) is 101 Å². The number of fused-ring (bicyclic) bond motifs is 3. The minimum atomic E-state index is -0.703. The van der Waals surface area contributed by atoms with E-state index in [1.54, 1.807) is 4.90 Å². The van der Waals surface area contributed by atoms with E-state index in [-0.39, 0.29) is 47.1 Å². The molecule has 5 aromatic rings. The smallest absolute Gasteiger partial charge is 0.410 e. The van der Waals surface area contributed by atoms with Crippen molar-refractivity contribution in [3.05, 3.63) is 84.7 Å². The third-order valence-corrected chi connectivity index (χ3v) is 15.2. The average molecular weight is 897 g/mol.